The summed E-state index contributed by atoms with van der Waals surface area (Å²) in [5, 5.41) is 4.25. The average Bonchev–Trinajstić information content (AvgIpc) is 2.01. The van der Waals surface area contributed by atoms with E-state index in [1.807, 2.05) is 23.9 Å². The molecule has 0 fully saturated rings. The molecule has 0 aromatic carbocycles. The Kier molecular flexibility index (Phi) is 3.36. The lowest BCUT2D eigenvalue weighted by atomic mass is 10.4. The number of alkyl halides is 1. The van der Waals surface area contributed by atoms with Crippen LogP contribution in [0.15, 0.2) is 24.5 Å². The Balaban J connectivity index is 2.56. The third kappa shape index (κ3) is 2.89. The molecule has 0 aliphatic rings. The molecule has 0 atom stereocenters. The van der Waals surface area contributed by atoms with Crippen LogP contribution in [0, 0.1) is 0 Å². The van der Waals surface area contributed by atoms with Crippen molar-refractivity contribution in [1.82, 2.24) is 0 Å². The van der Waals surface area contributed by atoms with Crippen molar-refractivity contribution in [3.05, 3.63) is 24.5 Å². The van der Waals surface area contributed by atoms with Crippen LogP contribution in [-0.2, 0) is 7.05 Å². The zero-order valence-electron chi connectivity index (χ0n) is 6.55. The lowest BCUT2D eigenvalue weighted by molar-refractivity contribution is -0.670. The molecule has 0 bridgehead atoms. The molecule has 1 N–H and O–H groups in total. The predicted octanol–water partition coefficient (Wildman–Crippen LogP) is 1.32. The first-order valence-electron chi connectivity index (χ1n) is 3.58. The summed E-state index contributed by atoms with van der Waals surface area (Å²) in [4.78, 5) is 0. The third-order valence-corrected chi connectivity index (χ3v) is 1.76. The van der Waals surface area contributed by atoms with E-state index in [9.17, 15) is 0 Å². The molecule has 0 saturated carbocycles. The Morgan fingerprint density at radius 2 is 2.45 bits per heavy atom. The highest BCUT2D eigenvalue weighted by atomic mass is 79.9. The Bertz CT molecular complexity index is 225. The number of aryl methyl sites for hydroxylation is 1. The van der Waals surface area contributed by atoms with Crippen molar-refractivity contribution in [3.8, 4) is 0 Å². The molecule has 1 aromatic heterocycles. The molecule has 1 heterocycles. The number of nitrogens with zero attached hydrogens (tertiary/aromatic N) is 1. The van der Waals surface area contributed by atoms with Gasteiger partial charge in [-0.3, -0.25) is 0 Å². The summed E-state index contributed by atoms with van der Waals surface area (Å²) < 4.78 is 2.02. The summed E-state index contributed by atoms with van der Waals surface area (Å²) in [6, 6.07) is 4.08. The Morgan fingerprint density at radius 3 is 3.09 bits per heavy atom. The molecule has 0 amide bonds. The van der Waals surface area contributed by atoms with Crippen LogP contribution in [0.25, 0.3) is 0 Å². The van der Waals surface area contributed by atoms with Crippen molar-refractivity contribution in [2.24, 2.45) is 7.05 Å². The monoisotopic (exact) mass is 215 g/mol. The maximum Gasteiger partial charge on any atom is 0.191 e. The van der Waals surface area contributed by atoms with Gasteiger partial charge in [0.1, 0.15) is 7.05 Å². The maximum atomic E-state index is 3.36. The standard InChI is InChI=1S/C8H12BrN2/c1-11-6-2-3-8(7-11)10-5-4-9/h2-3,6-7,10H,4-5H2,1H3/q+1. The summed E-state index contributed by atoms with van der Waals surface area (Å²) in [7, 11) is 2.01. The molecule has 2 nitrogen and oxygen atoms in total. The van der Waals surface area contributed by atoms with Gasteiger partial charge < -0.3 is 5.32 Å². The number of pyridine rings is 1. The van der Waals surface area contributed by atoms with Crippen LogP contribution in [0.5, 0.6) is 0 Å². The van der Waals surface area contributed by atoms with E-state index in [-0.39, 0.29) is 0 Å². The largest absolute Gasteiger partial charge is 0.379 e. The molecule has 0 saturated heterocycles. The molecular formula is C8H12BrN2+. The smallest absolute Gasteiger partial charge is 0.191 e. The van der Waals surface area contributed by atoms with E-state index in [1.54, 1.807) is 0 Å². The Morgan fingerprint density at radius 1 is 1.64 bits per heavy atom. The zero-order valence-corrected chi connectivity index (χ0v) is 8.13. The first-order valence-corrected chi connectivity index (χ1v) is 4.70. The fourth-order valence-corrected chi connectivity index (χ4v) is 1.08. The van der Waals surface area contributed by atoms with Crippen molar-refractivity contribution in [3.63, 3.8) is 0 Å². The first kappa shape index (κ1) is 8.53. The van der Waals surface area contributed by atoms with Crippen molar-refractivity contribution >= 4 is 21.6 Å². The van der Waals surface area contributed by atoms with E-state index in [0.29, 0.717) is 0 Å². The minimum atomic E-state index is 0.962. The second kappa shape index (κ2) is 4.34. The molecule has 1 aromatic rings. The minimum Gasteiger partial charge on any atom is -0.379 e. The van der Waals surface area contributed by atoms with Crippen molar-refractivity contribution in [1.29, 1.82) is 0 Å². The van der Waals surface area contributed by atoms with E-state index in [0.717, 1.165) is 17.6 Å². The van der Waals surface area contributed by atoms with Gasteiger partial charge in [-0.1, -0.05) is 15.9 Å². The third-order valence-electron chi connectivity index (χ3n) is 1.36. The van der Waals surface area contributed by atoms with Gasteiger partial charge in [0, 0.05) is 17.9 Å². The van der Waals surface area contributed by atoms with Gasteiger partial charge in [-0.05, 0) is 6.07 Å². The lowest BCUT2D eigenvalue weighted by Crippen LogP contribution is -2.26. The van der Waals surface area contributed by atoms with Gasteiger partial charge in [-0.25, -0.2) is 4.57 Å². The summed E-state index contributed by atoms with van der Waals surface area (Å²) in [5.41, 5.74) is 1.16. The topological polar surface area (TPSA) is 15.9 Å². The zero-order chi connectivity index (χ0) is 8.10. The Labute approximate surface area is 75.4 Å². The normalized spacial score (nSPS) is 9.64. The minimum absolute atomic E-state index is 0.962. The van der Waals surface area contributed by atoms with Crippen LogP contribution in [0.2, 0.25) is 0 Å². The number of anilines is 1. The Hall–Kier alpha value is -0.570. The lowest BCUT2D eigenvalue weighted by Gasteiger charge is -2.00. The van der Waals surface area contributed by atoms with E-state index in [2.05, 4.69) is 33.5 Å². The van der Waals surface area contributed by atoms with Gasteiger partial charge in [0.05, 0.1) is 5.69 Å². The second-order valence-corrected chi connectivity index (χ2v) is 3.17. The molecular weight excluding hydrogens is 204 g/mol. The van der Waals surface area contributed by atoms with Crippen LogP contribution in [0.3, 0.4) is 0 Å². The van der Waals surface area contributed by atoms with Crippen molar-refractivity contribution in [2.45, 2.75) is 0 Å². The molecule has 0 radical (unpaired) electrons. The molecule has 0 aliphatic carbocycles. The number of nitrogens with one attached hydrogen (secondary N) is 1. The van der Waals surface area contributed by atoms with E-state index < -0.39 is 0 Å². The molecule has 0 unspecified atom stereocenters. The average molecular weight is 216 g/mol. The van der Waals surface area contributed by atoms with Crippen molar-refractivity contribution in [2.75, 3.05) is 17.2 Å². The van der Waals surface area contributed by atoms with Gasteiger partial charge in [-0.2, -0.15) is 0 Å². The van der Waals surface area contributed by atoms with Gasteiger partial charge >= 0.3 is 0 Å². The fraction of sp³-hybridized carbons (Fsp3) is 0.375. The van der Waals surface area contributed by atoms with E-state index in [4.69, 9.17) is 0 Å². The van der Waals surface area contributed by atoms with Crippen LogP contribution in [-0.4, -0.2) is 11.9 Å². The van der Waals surface area contributed by atoms with E-state index in [1.165, 1.54) is 0 Å². The number of aromatic nitrogens is 1. The molecule has 1 rings (SSSR count). The van der Waals surface area contributed by atoms with Crippen LogP contribution in [0.4, 0.5) is 5.69 Å². The van der Waals surface area contributed by atoms with Crippen LogP contribution < -0.4 is 9.88 Å². The number of rotatable bonds is 3. The molecule has 11 heavy (non-hydrogen) atoms. The quantitative estimate of drug-likeness (QED) is 0.595. The second-order valence-electron chi connectivity index (χ2n) is 2.37. The van der Waals surface area contributed by atoms with Crippen molar-refractivity contribution < 1.29 is 4.57 Å². The summed E-state index contributed by atoms with van der Waals surface area (Å²) in [6.45, 7) is 0.962. The predicted molar refractivity (Wildman–Crippen MR) is 49.9 cm³/mol. The molecule has 0 aliphatic heterocycles. The summed E-state index contributed by atoms with van der Waals surface area (Å²) >= 11 is 3.36. The highest BCUT2D eigenvalue weighted by molar-refractivity contribution is 9.09. The number of halogens is 1. The van der Waals surface area contributed by atoms with E-state index >= 15 is 0 Å². The highest BCUT2D eigenvalue weighted by Crippen LogP contribution is 2.00. The summed E-state index contributed by atoms with van der Waals surface area (Å²) in [5.74, 6) is 0. The maximum absolute atomic E-state index is 3.36. The SMILES string of the molecule is C[n+]1cccc(NCCBr)c1. The fourth-order valence-electron chi connectivity index (χ4n) is 0.884. The number of hydrogen-bond donors (Lipinski definition) is 1. The van der Waals surface area contributed by atoms with Gasteiger partial charge in [0.2, 0.25) is 0 Å². The highest BCUT2D eigenvalue weighted by Gasteiger charge is 1.94. The summed E-state index contributed by atoms with van der Waals surface area (Å²) in [6.07, 6.45) is 4.07. The first-order chi connectivity index (χ1) is 5.33. The number of hydrogen-bond acceptors (Lipinski definition) is 1. The molecule has 0 spiro atoms. The van der Waals surface area contributed by atoms with Gasteiger partial charge in [-0.15, -0.1) is 0 Å². The molecule has 3 heteroatoms. The van der Waals surface area contributed by atoms with Crippen LogP contribution >= 0.6 is 15.9 Å². The van der Waals surface area contributed by atoms with Gasteiger partial charge in [0.25, 0.3) is 0 Å². The van der Waals surface area contributed by atoms with Gasteiger partial charge in [0.15, 0.2) is 12.4 Å². The van der Waals surface area contributed by atoms with Crippen LogP contribution in [0.1, 0.15) is 0 Å². The molecule has 60 valence electrons.